The van der Waals surface area contributed by atoms with Gasteiger partial charge in [0, 0.05) is 18.6 Å². The monoisotopic (exact) mass is 388 g/mol. The summed E-state index contributed by atoms with van der Waals surface area (Å²) in [6, 6.07) is 11.3. The minimum atomic E-state index is -3.80. The number of aryl methyl sites for hydroxylation is 2. The molecule has 27 heavy (non-hydrogen) atoms. The van der Waals surface area contributed by atoms with Crippen LogP contribution >= 0.6 is 0 Å². The van der Waals surface area contributed by atoms with E-state index in [-0.39, 0.29) is 4.90 Å². The first-order valence-corrected chi connectivity index (χ1v) is 9.61. The number of ether oxygens (including phenoxy) is 2. The van der Waals surface area contributed by atoms with Crippen LogP contribution in [0.15, 0.2) is 51.8 Å². The Morgan fingerprint density at radius 3 is 2.26 bits per heavy atom. The Morgan fingerprint density at radius 1 is 1.00 bits per heavy atom. The zero-order valence-corrected chi connectivity index (χ0v) is 16.3. The Morgan fingerprint density at radius 2 is 1.70 bits per heavy atom. The lowest BCUT2D eigenvalue weighted by atomic mass is 10.1. The van der Waals surface area contributed by atoms with Crippen LogP contribution in [0.3, 0.4) is 0 Å². The highest BCUT2D eigenvalue weighted by molar-refractivity contribution is 7.92. The highest BCUT2D eigenvalue weighted by Crippen LogP contribution is 2.31. The number of benzene rings is 2. The van der Waals surface area contributed by atoms with Crippen molar-refractivity contribution in [3.63, 3.8) is 0 Å². The van der Waals surface area contributed by atoms with E-state index in [9.17, 15) is 8.42 Å². The zero-order valence-electron chi connectivity index (χ0n) is 15.4. The van der Waals surface area contributed by atoms with E-state index >= 15 is 0 Å². The maximum Gasteiger partial charge on any atom is 0.262 e. The molecular weight excluding hydrogens is 368 g/mol. The van der Waals surface area contributed by atoms with Crippen LogP contribution in [0.4, 0.5) is 5.69 Å². The Kier molecular flexibility index (Phi) is 5.09. The minimum absolute atomic E-state index is 0.119. The van der Waals surface area contributed by atoms with Crippen molar-refractivity contribution in [1.29, 1.82) is 0 Å². The van der Waals surface area contributed by atoms with Gasteiger partial charge < -0.3 is 13.9 Å². The number of anilines is 1. The molecule has 0 aliphatic rings. The molecule has 2 aromatic carbocycles. The smallest absolute Gasteiger partial charge is 0.262 e. The molecule has 142 valence electrons. The molecule has 3 rings (SSSR count). The number of nitrogens with one attached hydrogen (secondary N) is 1. The fourth-order valence-electron chi connectivity index (χ4n) is 2.69. The van der Waals surface area contributed by atoms with Gasteiger partial charge in [-0.25, -0.2) is 13.4 Å². The number of hydrogen-bond donors (Lipinski definition) is 1. The second kappa shape index (κ2) is 7.32. The fourth-order valence-corrected chi connectivity index (χ4v) is 3.75. The summed E-state index contributed by atoms with van der Waals surface area (Å²) in [7, 11) is -0.829. The molecule has 0 atom stereocenters. The Hall–Kier alpha value is -3.00. The quantitative estimate of drug-likeness (QED) is 0.691. The topological polar surface area (TPSA) is 90.7 Å². The molecule has 0 bridgehead atoms. The molecule has 0 aliphatic heterocycles. The molecule has 7 nitrogen and oxygen atoms in total. The van der Waals surface area contributed by atoms with Crippen LogP contribution in [0.1, 0.15) is 11.7 Å². The van der Waals surface area contributed by atoms with Crippen LogP contribution in [0.5, 0.6) is 11.5 Å². The maximum absolute atomic E-state index is 12.7. The molecule has 1 heterocycles. The lowest BCUT2D eigenvalue weighted by Crippen LogP contribution is -2.13. The van der Waals surface area contributed by atoms with Gasteiger partial charge in [0.2, 0.25) is 0 Å². The Bertz CT molecular complexity index is 1060. The van der Waals surface area contributed by atoms with Gasteiger partial charge in [-0.1, -0.05) is 12.1 Å². The molecule has 0 saturated carbocycles. The first-order chi connectivity index (χ1) is 12.8. The molecule has 0 unspecified atom stereocenters. The number of oxazole rings is 1. The second-order valence-corrected chi connectivity index (χ2v) is 7.52. The standard InChI is InChI=1S/C19H20N2O5S/c1-12-19(20-13(2)26-12)14-5-8-16(9-6-14)27(22,23)21-17-11-15(24-3)7-10-18(17)25-4/h5-11,21H,1-4H3. The van der Waals surface area contributed by atoms with Gasteiger partial charge in [-0.05, 0) is 31.2 Å². The van der Waals surface area contributed by atoms with Crippen molar-refractivity contribution in [3.05, 3.63) is 54.1 Å². The van der Waals surface area contributed by atoms with Crippen LogP contribution in [-0.4, -0.2) is 27.6 Å². The molecule has 0 amide bonds. The number of nitrogens with zero attached hydrogens (tertiary/aromatic N) is 1. The van der Waals surface area contributed by atoms with Crippen molar-refractivity contribution in [2.24, 2.45) is 0 Å². The summed E-state index contributed by atoms with van der Waals surface area (Å²) in [6.07, 6.45) is 0. The van der Waals surface area contributed by atoms with Crippen molar-refractivity contribution in [1.82, 2.24) is 4.98 Å². The zero-order chi connectivity index (χ0) is 19.6. The highest BCUT2D eigenvalue weighted by Gasteiger charge is 2.18. The van der Waals surface area contributed by atoms with Gasteiger partial charge >= 0.3 is 0 Å². The number of hydrogen-bond acceptors (Lipinski definition) is 6. The summed E-state index contributed by atoms with van der Waals surface area (Å²) < 4.78 is 43.8. The van der Waals surface area contributed by atoms with E-state index in [1.165, 1.54) is 26.4 Å². The van der Waals surface area contributed by atoms with E-state index in [0.29, 0.717) is 34.5 Å². The Balaban J connectivity index is 1.91. The van der Waals surface area contributed by atoms with Crippen molar-refractivity contribution < 1.29 is 22.3 Å². The molecule has 0 spiro atoms. The molecule has 0 saturated heterocycles. The van der Waals surface area contributed by atoms with E-state index in [1.54, 1.807) is 37.3 Å². The SMILES string of the molecule is COc1ccc(OC)c(NS(=O)(=O)c2ccc(-c3nc(C)oc3C)cc2)c1. The normalized spacial score (nSPS) is 11.3. The van der Waals surface area contributed by atoms with Gasteiger partial charge in [-0.3, -0.25) is 4.72 Å². The highest BCUT2D eigenvalue weighted by atomic mass is 32.2. The van der Waals surface area contributed by atoms with Crippen molar-refractivity contribution in [2.75, 3.05) is 18.9 Å². The predicted molar refractivity (Wildman–Crippen MR) is 102 cm³/mol. The lowest BCUT2D eigenvalue weighted by molar-refractivity contribution is 0.405. The molecule has 0 fully saturated rings. The second-order valence-electron chi connectivity index (χ2n) is 5.83. The molecule has 0 radical (unpaired) electrons. The summed E-state index contributed by atoms with van der Waals surface area (Å²) in [5.74, 6) is 2.15. The number of sulfonamides is 1. The molecule has 3 aromatic rings. The third-order valence-electron chi connectivity index (χ3n) is 3.99. The van der Waals surface area contributed by atoms with Gasteiger partial charge in [0.05, 0.1) is 24.8 Å². The van der Waals surface area contributed by atoms with Crippen LogP contribution in [-0.2, 0) is 10.0 Å². The molecular formula is C19H20N2O5S. The summed E-state index contributed by atoms with van der Waals surface area (Å²) in [5, 5.41) is 0. The maximum atomic E-state index is 12.7. The molecule has 1 aromatic heterocycles. The first kappa shape index (κ1) is 18.8. The minimum Gasteiger partial charge on any atom is -0.497 e. The third kappa shape index (κ3) is 3.90. The number of methoxy groups -OCH3 is 2. The average Bonchev–Trinajstić information content (AvgIpc) is 2.99. The molecule has 0 aliphatic carbocycles. The van der Waals surface area contributed by atoms with Gasteiger partial charge in [0.25, 0.3) is 10.0 Å². The summed E-state index contributed by atoms with van der Waals surface area (Å²) in [6.45, 7) is 3.58. The van der Waals surface area contributed by atoms with Crippen LogP contribution in [0.25, 0.3) is 11.3 Å². The van der Waals surface area contributed by atoms with E-state index in [2.05, 4.69) is 9.71 Å². The fraction of sp³-hybridized carbons (Fsp3) is 0.211. The van der Waals surface area contributed by atoms with Gasteiger partial charge in [-0.15, -0.1) is 0 Å². The number of rotatable bonds is 6. The van der Waals surface area contributed by atoms with Crippen LogP contribution in [0.2, 0.25) is 0 Å². The Labute approximate surface area is 158 Å². The van der Waals surface area contributed by atoms with Gasteiger partial charge in [0.1, 0.15) is 23.0 Å². The lowest BCUT2D eigenvalue weighted by Gasteiger charge is -2.13. The summed E-state index contributed by atoms with van der Waals surface area (Å²) >= 11 is 0. The molecule has 1 N–H and O–H groups in total. The summed E-state index contributed by atoms with van der Waals surface area (Å²) in [4.78, 5) is 4.44. The predicted octanol–water partition coefficient (Wildman–Crippen LogP) is 3.78. The van der Waals surface area contributed by atoms with Crippen molar-refractivity contribution >= 4 is 15.7 Å². The van der Waals surface area contributed by atoms with Gasteiger partial charge in [0.15, 0.2) is 5.89 Å². The largest absolute Gasteiger partial charge is 0.497 e. The third-order valence-corrected chi connectivity index (χ3v) is 5.37. The average molecular weight is 388 g/mol. The van der Waals surface area contributed by atoms with E-state index < -0.39 is 10.0 Å². The van der Waals surface area contributed by atoms with Crippen LogP contribution < -0.4 is 14.2 Å². The van der Waals surface area contributed by atoms with E-state index in [1.807, 2.05) is 6.92 Å². The van der Waals surface area contributed by atoms with Crippen LogP contribution in [0, 0.1) is 13.8 Å². The number of aromatic nitrogens is 1. The van der Waals surface area contributed by atoms with Gasteiger partial charge in [-0.2, -0.15) is 0 Å². The van der Waals surface area contributed by atoms with Crippen molar-refractivity contribution in [3.8, 4) is 22.8 Å². The van der Waals surface area contributed by atoms with Crippen molar-refractivity contribution in [2.45, 2.75) is 18.7 Å². The molecule has 8 heteroatoms. The van der Waals surface area contributed by atoms with E-state index in [4.69, 9.17) is 13.9 Å². The van der Waals surface area contributed by atoms with E-state index in [0.717, 1.165) is 5.56 Å². The first-order valence-electron chi connectivity index (χ1n) is 8.13. The summed E-state index contributed by atoms with van der Waals surface area (Å²) in [5.41, 5.74) is 1.77.